The van der Waals surface area contributed by atoms with Gasteiger partial charge in [0.15, 0.2) is 23.8 Å². The Morgan fingerprint density at radius 3 is 1.29 bits per heavy atom. The molecule has 0 saturated heterocycles. The Labute approximate surface area is 611 Å². The number of carbonyl (C=O) groups is 11. The lowest BCUT2D eigenvalue weighted by molar-refractivity contribution is -0.142. The molecule has 0 aliphatic heterocycles. The molecule has 0 unspecified atom stereocenters. The summed E-state index contributed by atoms with van der Waals surface area (Å²) in [6.07, 6.45) is 20.1. The third-order valence-electron chi connectivity index (χ3n) is 17.0. The number of rotatable bonds is 56. The highest BCUT2D eigenvalue weighted by Crippen LogP contribution is 2.21. The van der Waals surface area contributed by atoms with Crippen molar-refractivity contribution in [2.45, 2.75) is 236 Å². The first kappa shape index (κ1) is 88.4. The van der Waals surface area contributed by atoms with Gasteiger partial charge in [-0.2, -0.15) is 0 Å². The average molecular weight is 1480 g/mol. The summed E-state index contributed by atoms with van der Waals surface area (Å²) in [7, 11) is 0. The molecular weight excluding hydrogens is 1360 g/mol. The number of carboxylic acid groups (broad SMARTS) is 2. The molecule has 584 valence electrons. The van der Waals surface area contributed by atoms with Crippen molar-refractivity contribution in [3.8, 4) is 0 Å². The minimum atomic E-state index is -1.72. The number of unbranched alkanes of at least 4 members (excludes halogenated alkanes) is 14. The number of carbonyl (C=O) groups excluding carboxylic acids is 9. The van der Waals surface area contributed by atoms with Gasteiger partial charge >= 0.3 is 11.9 Å². The lowest BCUT2D eigenvalue weighted by Crippen LogP contribution is -2.60. The SMILES string of the molecule is CCCCCCCCCCCCCCCCCC(=O)NCC(=O)N[C@@H](CC(=O)O)C(=O)N[C@@H](C)C(=O)N[C@@H](Cc1c[nH]cn1)C(=O)N[C@@H](Cc1c[nH]c2ccccc12)C(=O)N[C@@H](CCCNC(=N)N)C(=O)N[C@@H](CCCNC(=N)N)C(=O)N[C@@H](CCCNC(=N)N)C(=O)N[C@@H](CCCNC(=N)N)C(=O)O. The van der Waals surface area contributed by atoms with Crippen molar-refractivity contribution < 1.29 is 63.0 Å². The molecule has 0 aliphatic carbocycles. The molecule has 9 amide bonds. The molecule has 8 atom stereocenters. The number of amides is 9. The second kappa shape index (κ2) is 50.6. The summed E-state index contributed by atoms with van der Waals surface area (Å²) in [4.78, 5) is 161. The number of aromatic nitrogens is 3. The minimum absolute atomic E-state index is 0.00651. The molecule has 105 heavy (non-hydrogen) atoms. The van der Waals surface area contributed by atoms with E-state index in [1.54, 1.807) is 30.5 Å². The van der Waals surface area contributed by atoms with E-state index in [0.29, 0.717) is 22.9 Å². The van der Waals surface area contributed by atoms with Gasteiger partial charge in [0.1, 0.15) is 48.3 Å². The molecule has 0 fully saturated rings. The molecule has 0 spiro atoms. The number of para-hydroxylation sites is 1. The smallest absolute Gasteiger partial charge is 0.326 e. The van der Waals surface area contributed by atoms with Gasteiger partial charge in [-0.1, -0.05) is 115 Å². The summed E-state index contributed by atoms with van der Waals surface area (Å²) >= 11 is 0. The number of hydrogen-bond donors (Lipinski definition) is 25. The fourth-order valence-corrected chi connectivity index (χ4v) is 11.3. The molecule has 3 aromatic rings. The Hall–Kier alpha value is -10.8. The molecule has 29 N–H and O–H groups in total. The van der Waals surface area contributed by atoms with Crippen LogP contribution in [0.3, 0.4) is 0 Å². The molecule has 0 aliphatic rings. The van der Waals surface area contributed by atoms with E-state index in [1.807, 2.05) is 0 Å². The number of benzene rings is 1. The normalized spacial score (nSPS) is 13.2. The van der Waals surface area contributed by atoms with Gasteiger partial charge in [-0.15, -0.1) is 0 Å². The molecule has 2 heterocycles. The number of nitrogens with zero attached hydrogens (tertiary/aromatic N) is 1. The summed E-state index contributed by atoms with van der Waals surface area (Å²) in [5, 5.41) is 84.0. The van der Waals surface area contributed by atoms with Crippen molar-refractivity contribution in [2.24, 2.45) is 22.9 Å². The van der Waals surface area contributed by atoms with Crippen molar-refractivity contribution >= 4 is 99.8 Å². The molecule has 0 radical (unpaired) electrons. The largest absolute Gasteiger partial charge is 0.481 e. The van der Waals surface area contributed by atoms with Crippen molar-refractivity contribution in [3.05, 3.63) is 54.2 Å². The molecule has 1 aromatic carbocycles. The van der Waals surface area contributed by atoms with E-state index in [-0.39, 0.29) is 114 Å². The van der Waals surface area contributed by atoms with Crippen LogP contribution in [0, 0.1) is 21.6 Å². The number of aliphatic carboxylic acids is 2. The average Bonchev–Trinajstić information content (AvgIpc) is 1.72. The van der Waals surface area contributed by atoms with Gasteiger partial charge in [-0.25, -0.2) is 9.78 Å². The lowest BCUT2D eigenvalue weighted by Gasteiger charge is -2.28. The second-order valence-corrected chi connectivity index (χ2v) is 25.9. The molecule has 3 rings (SSSR count). The summed E-state index contributed by atoms with van der Waals surface area (Å²) in [6, 6.07) is -5.31. The van der Waals surface area contributed by atoms with Crippen LogP contribution >= 0.6 is 0 Å². The maximum Gasteiger partial charge on any atom is 0.326 e. The summed E-state index contributed by atoms with van der Waals surface area (Å²) in [6.45, 7) is 3.08. The quantitative estimate of drug-likeness (QED) is 0.0194. The number of H-pyrrole nitrogens is 2. The van der Waals surface area contributed by atoms with Crippen LogP contribution in [0.15, 0.2) is 43.0 Å². The minimum Gasteiger partial charge on any atom is -0.481 e. The zero-order valence-corrected chi connectivity index (χ0v) is 60.4. The predicted molar refractivity (Wildman–Crippen MR) is 394 cm³/mol. The maximum absolute atomic E-state index is 15.1. The Bertz CT molecular complexity index is 3280. The van der Waals surface area contributed by atoms with Crippen LogP contribution in [-0.4, -0.2) is 195 Å². The zero-order valence-electron chi connectivity index (χ0n) is 60.4. The number of imidazole rings is 1. The highest BCUT2D eigenvalue weighted by atomic mass is 16.4. The standard InChI is InChI=1S/C68H114N24O13/c1-3-4-5-6-7-8-9-10-11-12-13-14-15-16-17-30-54(93)83-40-55(94)86-53(37-56(95)96)61(101)85-42(2)57(97)91-52(36-44-39-77-41-84-44)63(103)92-51(35-43-38-82-46-25-19-18-24-45(43)46)62(102)89-48(27-21-32-79-66(71)72)59(99)87-47(26-20-31-78-65(69)70)58(98)88-49(28-22-33-80-67(73)74)60(100)90-50(64(104)105)29-23-34-81-68(75)76/h18-19,24-25,38-39,41-42,47-53,82H,3-17,20-23,26-37,40H2,1-2H3,(H,77,84)(H,83,93)(H,85,101)(H,86,94)(H,87,99)(H,88,98)(H,89,102)(H,90,100)(H,91,97)(H,92,103)(H,95,96)(H,104,105)(H4,69,70,78)(H4,71,72,79)(H4,73,74,80)(H4,75,76,81)/t42-,47-,48-,49-,50-,51-,52-,53-/m0/s1. The number of nitrogens with one attached hydrogen (secondary N) is 19. The highest BCUT2D eigenvalue weighted by Gasteiger charge is 2.36. The molecular formula is C68H114N24O13. The van der Waals surface area contributed by atoms with Crippen molar-refractivity contribution in [3.63, 3.8) is 0 Å². The van der Waals surface area contributed by atoms with Gasteiger partial charge in [0, 0.05) is 68.7 Å². The van der Waals surface area contributed by atoms with Crippen LogP contribution in [0.1, 0.15) is 186 Å². The summed E-state index contributed by atoms with van der Waals surface area (Å²) < 4.78 is 0. The van der Waals surface area contributed by atoms with E-state index < -0.39 is 138 Å². The summed E-state index contributed by atoms with van der Waals surface area (Å²) in [5.74, 6) is -12.5. The van der Waals surface area contributed by atoms with Gasteiger partial charge in [-0.05, 0) is 76.3 Å². The highest BCUT2D eigenvalue weighted by molar-refractivity contribution is 5.99. The van der Waals surface area contributed by atoms with Crippen molar-refractivity contribution in [2.75, 3.05) is 32.7 Å². The molecule has 0 bridgehead atoms. The van der Waals surface area contributed by atoms with E-state index in [2.05, 4.69) is 91.0 Å². The fraction of sp³-hybridized carbons (Fsp3) is 0.618. The van der Waals surface area contributed by atoms with Gasteiger partial charge in [0.05, 0.1) is 25.0 Å². The number of aromatic amines is 2. The summed E-state index contributed by atoms with van der Waals surface area (Å²) in [5.41, 5.74) is 23.3. The first-order valence-corrected chi connectivity index (χ1v) is 36.1. The van der Waals surface area contributed by atoms with Crippen LogP contribution in [0.4, 0.5) is 0 Å². The van der Waals surface area contributed by atoms with Crippen molar-refractivity contribution in [1.29, 1.82) is 21.6 Å². The maximum atomic E-state index is 15.1. The first-order valence-electron chi connectivity index (χ1n) is 36.1. The molecule has 37 nitrogen and oxygen atoms in total. The Kier molecular flexibility index (Phi) is 42.6. The number of carboxylic acids is 2. The van der Waals surface area contributed by atoms with E-state index in [9.17, 15) is 58.2 Å². The number of guanidine groups is 4. The van der Waals surface area contributed by atoms with Crippen LogP contribution in [-0.2, 0) is 65.6 Å². The van der Waals surface area contributed by atoms with Crippen molar-refractivity contribution in [1.82, 2.24) is 84.1 Å². The monoisotopic (exact) mass is 1470 g/mol. The predicted octanol–water partition coefficient (Wildman–Crippen LogP) is -0.435. The Balaban J connectivity index is 1.87. The Morgan fingerprint density at radius 1 is 0.448 bits per heavy atom. The molecule has 37 heteroatoms. The van der Waals surface area contributed by atoms with Crippen LogP contribution in [0.25, 0.3) is 10.9 Å². The topological polar surface area (TPSA) is 629 Å². The van der Waals surface area contributed by atoms with E-state index >= 15 is 4.79 Å². The molecule has 0 saturated carbocycles. The first-order chi connectivity index (χ1) is 50.2. The lowest BCUT2D eigenvalue weighted by atomic mass is 10.0. The van der Waals surface area contributed by atoms with E-state index in [1.165, 1.54) is 83.7 Å². The third-order valence-corrected chi connectivity index (χ3v) is 17.0. The van der Waals surface area contributed by atoms with Gasteiger partial charge in [0.2, 0.25) is 53.2 Å². The number of nitrogens with two attached hydrogens (primary N) is 4. The van der Waals surface area contributed by atoms with Gasteiger partial charge in [0.25, 0.3) is 0 Å². The third kappa shape index (κ3) is 38.4. The van der Waals surface area contributed by atoms with E-state index in [4.69, 9.17) is 44.6 Å². The van der Waals surface area contributed by atoms with Gasteiger partial charge in [-0.3, -0.25) is 69.6 Å². The number of fused-ring (bicyclic) bond motifs is 1. The van der Waals surface area contributed by atoms with Crippen LogP contribution in [0.2, 0.25) is 0 Å². The van der Waals surface area contributed by atoms with Crippen LogP contribution < -0.4 is 92.1 Å². The molecule has 2 aromatic heterocycles. The second-order valence-electron chi connectivity index (χ2n) is 25.9. The number of hydrogen-bond acceptors (Lipinski definition) is 16. The zero-order chi connectivity index (χ0) is 77.5. The van der Waals surface area contributed by atoms with Gasteiger partial charge < -0.3 is 112 Å². The van der Waals surface area contributed by atoms with Crippen LogP contribution in [0.5, 0.6) is 0 Å². The fourth-order valence-electron chi connectivity index (χ4n) is 11.3. The van der Waals surface area contributed by atoms with E-state index in [0.717, 1.165) is 25.7 Å². The Morgan fingerprint density at radius 2 is 0.848 bits per heavy atom.